The average molecular weight is 462 g/mol. The summed E-state index contributed by atoms with van der Waals surface area (Å²) in [6, 6.07) is 1.13. The highest BCUT2D eigenvalue weighted by molar-refractivity contribution is 5.93. The van der Waals surface area contributed by atoms with Gasteiger partial charge in [0, 0.05) is 37.7 Å². The highest BCUT2D eigenvalue weighted by Gasteiger charge is 2.36. The number of rotatable bonds is 8. The van der Waals surface area contributed by atoms with Crippen molar-refractivity contribution in [1.29, 1.82) is 0 Å². The number of fused-ring (bicyclic) bond motifs is 1. The minimum Gasteiger partial charge on any atom is -0.462 e. The van der Waals surface area contributed by atoms with Crippen LogP contribution in [0.3, 0.4) is 0 Å². The number of carbonyl (C=O) groups is 2. The standard InChI is InChI=1S/C23H28F2N4O4/c1-3-5-19(30)26-9-13-10-28(12-18(13)25)22-17(24)8-15-20(31)16(23(32)33-4-2)11-29(14-6-7-14)21(15)27-22/h8,11,13-14,18H,3-7,9-10,12H2,1-2H3,(H,26,30)/t13-,18-/m1/s1. The van der Waals surface area contributed by atoms with Gasteiger partial charge in [0.15, 0.2) is 11.6 Å². The Morgan fingerprint density at radius 1 is 1.27 bits per heavy atom. The fourth-order valence-corrected chi connectivity index (χ4v) is 4.20. The van der Waals surface area contributed by atoms with Crippen LogP contribution in [-0.4, -0.2) is 53.8 Å². The van der Waals surface area contributed by atoms with Crippen LogP contribution in [-0.2, 0) is 9.53 Å². The summed E-state index contributed by atoms with van der Waals surface area (Å²) in [5, 5.41) is 2.72. The zero-order valence-corrected chi connectivity index (χ0v) is 18.8. The third-order valence-corrected chi connectivity index (χ3v) is 6.07. The molecule has 1 saturated carbocycles. The summed E-state index contributed by atoms with van der Waals surface area (Å²) in [7, 11) is 0. The van der Waals surface area contributed by atoms with Crippen molar-refractivity contribution in [3.63, 3.8) is 0 Å². The molecule has 0 aromatic carbocycles. The van der Waals surface area contributed by atoms with E-state index >= 15 is 4.39 Å². The molecule has 0 radical (unpaired) electrons. The monoisotopic (exact) mass is 462 g/mol. The van der Waals surface area contributed by atoms with E-state index in [4.69, 9.17) is 4.74 Å². The Kier molecular flexibility index (Phi) is 6.62. The van der Waals surface area contributed by atoms with E-state index in [-0.39, 0.29) is 60.6 Å². The number of pyridine rings is 2. The van der Waals surface area contributed by atoms with Gasteiger partial charge in [0.05, 0.1) is 18.5 Å². The second-order valence-electron chi connectivity index (χ2n) is 8.63. The minimum atomic E-state index is -1.25. The number of alkyl halides is 1. The first-order chi connectivity index (χ1) is 15.8. The molecule has 33 heavy (non-hydrogen) atoms. The summed E-state index contributed by atoms with van der Waals surface area (Å²) in [4.78, 5) is 42.8. The zero-order chi connectivity index (χ0) is 23.7. The summed E-state index contributed by atoms with van der Waals surface area (Å²) in [6.45, 7) is 3.95. The van der Waals surface area contributed by atoms with E-state index in [1.165, 1.54) is 11.1 Å². The largest absolute Gasteiger partial charge is 0.462 e. The van der Waals surface area contributed by atoms with Crippen molar-refractivity contribution >= 4 is 28.7 Å². The van der Waals surface area contributed by atoms with Gasteiger partial charge in [-0.3, -0.25) is 9.59 Å². The summed E-state index contributed by atoms with van der Waals surface area (Å²) in [6.07, 6.45) is 2.97. The summed E-state index contributed by atoms with van der Waals surface area (Å²) in [5.74, 6) is -2.17. The smallest absolute Gasteiger partial charge is 0.343 e. The van der Waals surface area contributed by atoms with Crippen molar-refractivity contribution in [2.45, 2.75) is 51.7 Å². The highest BCUT2D eigenvalue weighted by Crippen LogP contribution is 2.37. The molecule has 178 valence electrons. The molecule has 1 saturated heterocycles. The van der Waals surface area contributed by atoms with E-state index in [1.54, 1.807) is 11.5 Å². The Bertz CT molecular complexity index is 1130. The molecule has 10 heteroatoms. The van der Waals surface area contributed by atoms with Gasteiger partial charge < -0.3 is 19.5 Å². The Hall–Kier alpha value is -3.04. The van der Waals surface area contributed by atoms with E-state index in [1.807, 2.05) is 6.92 Å². The van der Waals surface area contributed by atoms with Gasteiger partial charge in [-0.05, 0) is 32.3 Å². The number of hydrogen-bond donors (Lipinski definition) is 1. The molecule has 2 fully saturated rings. The summed E-state index contributed by atoms with van der Waals surface area (Å²) in [5.41, 5.74) is -0.528. The Morgan fingerprint density at radius 2 is 2.03 bits per heavy atom. The van der Waals surface area contributed by atoms with Crippen LogP contribution >= 0.6 is 0 Å². The fraction of sp³-hybridized carbons (Fsp3) is 0.565. The van der Waals surface area contributed by atoms with E-state index in [9.17, 15) is 18.8 Å². The maximum absolute atomic E-state index is 15.1. The average Bonchev–Trinajstić information content (AvgIpc) is 3.55. The number of carbonyl (C=O) groups excluding carboxylic acids is 2. The number of aromatic nitrogens is 2. The van der Waals surface area contributed by atoms with Crippen LogP contribution in [0.2, 0.25) is 0 Å². The predicted octanol–water partition coefficient (Wildman–Crippen LogP) is 2.74. The van der Waals surface area contributed by atoms with Crippen molar-refractivity contribution in [3.05, 3.63) is 33.9 Å². The van der Waals surface area contributed by atoms with E-state index in [0.29, 0.717) is 12.8 Å². The molecule has 2 aliphatic rings. The number of nitrogens with zero attached hydrogens (tertiary/aromatic N) is 3. The first-order valence-electron chi connectivity index (χ1n) is 11.4. The van der Waals surface area contributed by atoms with Gasteiger partial charge in [-0.15, -0.1) is 0 Å². The Balaban J connectivity index is 1.66. The van der Waals surface area contributed by atoms with E-state index in [2.05, 4.69) is 10.3 Å². The zero-order valence-electron chi connectivity index (χ0n) is 18.8. The number of ether oxygens (including phenoxy) is 1. The Labute approximate surface area is 189 Å². The van der Waals surface area contributed by atoms with E-state index < -0.39 is 29.3 Å². The van der Waals surface area contributed by atoms with Crippen molar-refractivity contribution < 1.29 is 23.1 Å². The lowest BCUT2D eigenvalue weighted by Crippen LogP contribution is -2.33. The van der Waals surface area contributed by atoms with Gasteiger partial charge in [0.2, 0.25) is 11.3 Å². The quantitative estimate of drug-likeness (QED) is 0.607. The predicted molar refractivity (Wildman–Crippen MR) is 119 cm³/mol. The van der Waals surface area contributed by atoms with Crippen LogP contribution in [0.25, 0.3) is 11.0 Å². The number of nitrogens with one attached hydrogen (secondary N) is 1. The number of amides is 1. The molecule has 0 unspecified atom stereocenters. The van der Waals surface area contributed by atoms with Crippen LogP contribution in [0, 0.1) is 11.7 Å². The first-order valence-corrected chi connectivity index (χ1v) is 11.4. The van der Waals surface area contributed by atoms with Gasteiger partial charge in [-0.25, -0.2) is 18.6 Å². The molecule has 1 aliphatic carbocycles. The summed E-state index contributed by atoms with van der Waals surface area (Å²) < 4.78 is 36.4. The second kappa shape index (κ2) is 9.44. The van der Waals surface area contributed by atoms with E-state index in [0.717, 1.165) is 18.9 Å². The maximum Gasteiger partial charge on any atom is 0.343 e. The molecule has 0 spiro atoms. The summed E-state index contributed by atoms with van der Waals surface area (Å²) >= 11 is 0. The van der Waals surface area contributed by atoms with Crippen LogP contribution in [0.1, 0.15) is 55.9 Å². The van der Waals surface area contributed by atoms with Gasteiger partial charge in [0.25, 0.3) is 0 Å². The SMILES string of the molecule is CCCC(=O)NC[C@@H]1CN(c2nc3c(cc2F)c(=O)c(C(=O)OCC)cn3C2CC2)C[C@H]1F. The number of halogens is 2. The van der Waals surface area contributed by atoms with Crippen molar-refractivity contribution in [2.24, 2.45) is 5.92 Å². The number of hydrogen-bond acceptors (Lipinski definition) is 6. The topological polar surface area (TPSA) is 93.5 Å². The molecule has 0 bridgehead atoms. The molecule has 1 amide bonds. The molecule has 1 N–H and O–H groups in total. The first kappa shape index (κ1) is 23.1. The lowest BCUT2D eigenvalue weighted by molar-refractivity contribution is -0.121. The van der Waals surface area contributed by atoms with Crippen LogP contribution in [0.5, 0.6) is 0 Å². The van der Waals surface area contributed by atoms with Crippen LogP contribution in [0.4, 0.5) is 14.6 Å². The molecular formula is C23H28F2N4O4. The number of anilines is 1. The molecule has 1 aliphatic heterocycles. The van der Waals surface area contributed by atoms with Crippen LogP contribution < -0.4 is 15.6 Å². The lowest BCUT2D eigenvalue weighted by atomic mass is 10.1. The second-order valence-corrected chi connectivity index (χ2v) is 8.63. The fourth-order valence-electron chi connectivity index (χ4n) is 4.20. The van der Waals surface area contributed by atoms with Gasteiger partial charge >= 0.3 is 5.97 Å². The van der Waals surface area contributed by atoms with Gasteiger partial charge in [0.1, 0.15) is 17.4 Å². The van der Waals surface area contributed by atoms with Crippen molar-refractivity contribution in [3.8, 4) is 0 Å². The third-order valence-electron chi connectivity index (χ3n) is 6.07. The molecule has 2 aromatic rings. The Morgan fingerprint density at radius 3 is 2.70 bits per heavy atom. The molecule has 4 rings (SSSR count). The molecule has 2 aromatic heterocycles. The lowest BCUT2D eigenvalue weighted by Gasteiger charge is -2.20. The molecular weight excluding hydrogens is 434 g/mol. The van der Waals surface area contributed by atoms with Gasteiger partial charge in [-0.2, -0.15) is 0 Å². The van der Waals surface area contributed by atoms with Crippen molar-refractivity contribution in [2.75, 3.05) is 31.1 Å². The van der Waals surface area contributed by atoms with Crippen LogP contribution in [0.15, 0.2) is 17.1 Å². The highest BCUT2D eigenvalue weighted by atomic mass is 19.1. The van der Waals surface area contributed by atoms with Crippen molar-refractivity contribution in [1.82, 2.24) is 14.9 Å². The van der Waals surface area contributed by atoms with Gasteiger partial charge in [-0.1, -0.05) is 6.92 Å². The number of esters is 1. The minimum absolute atomic E-state index is 0.00641. The maximum atomic E-state index is 15.1. The molecule has 2 atom stereocenters. The normalized spacial score (nSPS) is 20.3. The molecule has 8 nitrogen and oxygen atoms in total. The third kappa shape index (κ3) is 4.69. The molecule has 3 heterocycles.